The molecule has 1 saturated heterocycles. The first kappa shape index (κ1) is 12.9. The summed E-state index contributed by atoms with van der Waals surface area (Å²) in [4.78, 5) is 12.0. The zero-order valence-corrected chi connectivity index (χ0v) is 11.6. The molecule has 0 radical (unpaired) electrons. The smallest absolute Gasteiger partial charge is 0.228 e. The molecule has 2 N–H and O–H groups in total. The third-order valence-corrected chi connectivity index (χ3v) is 3.75. The Morgan fingerprint density at radius 3 is 3.00 bits per heavy atom. The zero-order valence-electron chi connectivity index (χ0n) is 9.30. The zero-order chi connectivity index (χ0) is 12.3. The monoisotopic (exact) mass is 316 g/mol. The minimum absolute atomic E-state index is 0.0614. The van der Waals surface area contributed by atoms with Crippen LogP contribution in [0.4, 0.5) is 5.69 Å². The van der Waals surface area contributed by atoms with Crippen LogP contribution in [0, 0.1) is 5.92 Å². The lowest BCUT2D eigenvalue weighted by molar-refractivity contribution is -0.120. The molecule has 1 fully saturated rings. The Labute approximate surface area is 114 Å². The van der Waals surface area contributed by atoms with Gasteiger partial charge in [-0.3, -0.25) is 4.79 Å². The molecule has 0 bridgehead atoms. The van der Waals surface area contributed by atoms with Crippen molar-refractivity contribution in [3.8, 4) is 0 Å². The van der Waals surface area contributed by atoms with Crippen LogP contribution < -0.4 is 10.6 Å². The Morgan fingerprint density at radius 1 is 1.53 bits per heavy atom. The van der Waals surface area contributed by atoms with Crippen molar-refractivity contribution in [2.75, 3.05) is 18.4 Å². The van der Waals surface area contributed by atoms with Gasteiger partial charge in [0, 0.05) is 16.0 Å². The van der Waals surface area contributed by atoms with E-state index < -0.39 is 0 Å². The maximum absolute atomic E-state index is 12.0. The minimum Gasteiger partial charge on any atom is -0.325 e. The highest BCUT2D eigenvalue weighted by atomic mass is 79.9. The third-order valence-electron chi connectivity index (χ3n) is 2.86. The van der Waals surface area contributed by atoms with Crippen LogP contribution in [0.25, 0.3) is 0 Å². The molecular formula is C12H14BrClN2O. The van der Waals surface area contributed by atoms with Gasteiger partial charge in [-0.1, -0.05) is 11.6 Å². The molecule has 0 aliphatic carbocycles. The Bertz CT molecular complexity index is 419. The largest absolute Gasteiger partial charge is 0.325 e. The summed E-state index contributed by atoms with van der Waals surface area (Å²) in [6.45, 7) is 1.77. The van der Waals surface area contributed by atoms with E-state index in [0.717, 1.165) is 36.1 Å². The summed E-state index contributed by atoms with van der Waals surface area (Å²) >= 11 is 9.23. The topological polar surface area (TPSA) is 41.1 Å². The van der Waals surface area contributed by atoms with Crippen LogP contribution in [0.5, 0.6) is 0 Å². The molecule has 17 heavy (non-hydrogen) atoms. The van der Waals surface area contributed by atoms with E-state index in [1.807, 2.05) is 0 Å². The lowest BCUT2D eigenvalue weighted by atomic mass is 9.99. The van der Waals surface area contributed by atoms with E-state index in [4.69, 9.17) is 11.6 Å². The molecule has 3 nitrogen and oxygen atoms in total. The summed E-state index contributed by atoms with van der Waals surface area (Å²) in [7, 11) is 0. The number of benzene rings is 1. The molecule has 1 atom stereocenters. The number of amides is 1. The van der Waals surface area contributed by atoms with E-state index in [1.54, 1.807) is 18.2 Å². The van der Waals surface area contributed by atoms with Gasteiger partial charge in [0.2, 0.25) is 5.91 Å². The van der Waals surface area contributed by atoms with Crippen LogP contribution in [0.1, 0.15) is 12.8 Å². The molecule has 0 saturated carbocycles. The fraction of sp³-hybridized carbons (Fsp3) is 0.417. The first-order valence-corrected chi connectivity index (χ1v) is 6.80. The highest BCUT2D eigenvalue weighted by molar-refractivity contribution is 9.10. The van der Waals surface area contributed by atoms with Crippen LogP contribution >= 0.6 is 27.5 Å². The number of hydrogen-bond donors (Lipinski definition) is 2. The van der Waals surface area contributed by atoms with Crippen LogP contribution in [0.15, 0.2) is 22.7 Å². The number of piperidine rings is 1. The number of hydrogen-bond acceptors (Lipinski definition) is 2. The van der Waals surface area contributed by atoms with Gasteiger partial charge in [-0.2, -0.15) is 0 Å². The number of nitrogens with one attached hydrogen (secondary N) is 2. The number of carbonyl (C=O) groups excluding carboxylic acids is 1. The molecule has 1 aliphatic rings. The van der Waals surface area contributed by atoms with E-state index >= 15 is 0 Å². The van der Waals surface area contributed by atoms with Crippen molar-refractivity contribution in [3.05, 3.63) is 27.7 Å². The van der Waals surface area contributed by atoms with Crippen molar-refractivity contribution in [3.63, 3.8) is 0 Å². The molecule has 0 unspecified atom stereocenters. The minimum atomic E-state index is 0.0614. The van der Waals surface area contributed by atoms with Crippen molar-refractivity contribution < 1.29 is 4.79 Å². The molecule has 1 heterocycles. The molecule has 1 aromatic rings. The lowest BCUT2D eigenvalue weighted by Gasteiger charge is -2.22. The number of carbonyl (C=O) groups is 1. The van der Waals surface area contributed by atoms with Crippen molar-refractivity contribution in [2.24, 2.45) is 5.92 Å². The predicted octanol–water partition coefficient (Wildman–Crippen LogP) is 3.04. The van der Waals surface area contributed by atoms with Gasteiger partial charge >= 0.3 is 0 Å². The Balaban J connectivity index is 2.02. The van der Waals surface area contributed by atoms with Crippen molar-refractivity contribution in [1.29, 1.82) is 0 Å². The van der Waals surface area contributed by atoms with Gasteiger partial charge < -0.3 is 10.6 Å². The normalized spacial score (nSPS) is 20.0. The number of rotatable bonds is 2. The first-order chi connectivity index (χ1) is 8.16. The molecule has 2 rings (SSSR count). The lowest BCUT2D eigenvalue weighted by Crippen LogP contribution is -2.37. The van der Waals surface area contributed by atoms with Gasteiger partial charge in [-0.05, 0) is 53.5 Å². The quantitative estimate of drug-likeness (QED) is 0.880. The summed E-state index contributed by atoms with van der Waals surface area (Å²) in [6.07, 6.45) is 2.00. The van der Waals surface area contributed by atoms with E-state index in [1.165, 1.54) is 0 Å². The van der Waals surface area contributed by atoms with E-state index in [2.05, 4.69) is 26.6 Å². The molecular weight excluding hydrogens is 304 g/mol. The average molecular weight is 318 g/mol. The Hall–Kier alpha value is -0.580. The highest BCUT2D eigenvalue weighted by Crippen LogP contribution is 2.26. The fourth-order valence-corrected chi connectivity index (χ4v) is 2.68. The van der Waals surface area contributed by atoms with Crippen LogP contribution in [0.2, 0.25) is 5.02 Å². The summed E-state index contributed by atoms with van der Waals surface area (Å²) in [5.74, 6) is 0.131. The average Bonchev–Trinajstić information content (AvgIpc) is 2.34. The van der Waals surface area contributed by atoms with Crippen LogP contribution in [-0.4, -0.2) is 19.0 Å². The SMILES string of the molecule is O=C(Nc1ccc(Cl)cc1Br)[C@@H]1CCCNC1. The summed E-state index contributed by atoms with van der Waals surface area (Å²) in [5.41, 5.74) is 0.768. The summed E-state index contributed by atoms with van der Waals surface area (Å²) in [5, 5.41) is 6.80. The maximum Gasteiger partial charge on any atom is 0.228 e. The van der Waals surface area contributed by atoms with Gasteiger partial charge in [-0.15, -0.1) is 0 Å². The molecule has 92 valence electrons. The van der Waals surface area contributed by atoms with Crippen molar-refractivity contribution in [1.82, 2.24) is 5.32 Å². The second-order valence-electron chi connectivity index (χ2n) is 4.16. The van der Waals surface area contributed by atoms with Crippen molar-refractivity contribution in [2.45, 2.75) is 12.8 Å². The number of halogens is 2. The standard InChI is InChI=1S/C12H14BrClN2O/c13-10-6-9(14)3-4-11(10)16-12(17)8-2-1-5-15-7-8/h3-4,6,8,15H,1-2,5,7H2,(H,16,17)/t8-/m1/s1. The van der Waals surface area contributed by atoms with E-state index in [-0.39, 0.29) is 11.8 Å². The Morgan fingerprint density at radius 2 is 2.35 bits per heavy atom. The number of anilines is 1. The van der Waals surface area contributed by atoms with E-state index in [9.17, 15) is 4.79 Å². The second kappa shape index (κ2) is 5.85. The summed E-state index contributed by atoms with van der Waals surface area (Å²) in [6, 6.07) is 5.35. The van der Waals surface area contributed by atoms with Gasteiger partial charge in [0.05, 0.1) is 11.6 Å². The van der Waals surface area contributed by atoms with Gasteiger partial charge in [0.1, 0.15) is 0 Å². The van der Waals surface area contributed by atoms with Crippen molar-refractivity contribution >= 4 is 39.1 Å². The second-order valence-corrected chi connectivity index (χ2v) is 5.45. The molecule has 1 amide bonds. The molecule has 0 aromatic heterocycles. The van der Waals surface area contributed by atoms with E-state index in [0.29, 0.717) is 5.02 Å². The molecule has 1 aliphatic heterocycles. The van der Waals surface area contributed by atoms with Crippen LogP contribution in [0.3, 0.4) is 0 Å². The molecule has 0 spiro atoms. The van der Waals surface area contributed by atoms with Gasteiger partial charge in [0.25, 0.3) is 0 Å². The van der Waals surface area contributed by atoms with Gasteiger partial charge in [-0.25, -0.2) is 0 Å². The summed E-state index contributed by atoms with van der Waals surface area (Å²) < 4.78 is 0.808. The van der Waals surface area contributed by atoms with Crippen LogP contribution in [-0.2, 0) is 4.79 Å². The molecule has 5 heteroatoms. The van der Waals surface area contributed by atoms with Gasteiger partial charge in [0.15, 0.2) is 0 Å². The fourth-order valence-electron chi connectivity index (χ4n) is 1.90. The third kappa shape index (κ3) is 3.44. The molecule has 1 aromatic carbocycles. The predicted molar refractivity (Wildman–Crippen MR) is 73.4 cm³/mol. The Kier molecular flexibility index (Phi) is 4.42. The maximum atomic E-state index is 12.0. The first-order valence-electron chi connectivity index (χ1n) is 5.63. The highest BCUT2D eigenvalue weighted by Gasteiger charge is 2.21.